The Morgan fingerprint density at radius 2 is 1.81 bits per heavy atom. The number of anilines is 2. The molecule has 2 aromatic rings. The topological polar surface area (TPSA) is 41.1 Å². The summed E-state index contributed by atoms with van der Waals surface area (Å²) in [7, 11) is 0. The van der Waals surface area contributed by atoms with Crippen molar-refractivity contribution in [2.24, 2.45) is 0 Å². The molecule has 2 aromatic carbocycles. The van der Waals surface area contributed by atoms with Crippen molar-refractivity contribution in [3.63, 3.8) is 0 Å². The molecule has 0 aliphatic rings. The molecule has 2 N–H and O–H groups in total. The van der Waals surface area contributed by atoms with Gasteiger partial charge in [0.1, 0.15) is 11.6 Å². The van der Waals surface area contributed by atoms with Gasteiger partial charge in [0.25, 0.3) is 0 Å². The van der Waals surface area contributed by atoms with E-state index in [1.807, 2.05) is 0 Å². The van der Waals surface area contributed by atoms with Gasteiger partial charge in [-0.05, 0) is 43.3 Å². The molecule has 0 bridgehead atoms. The highest BCUT2D eigenvalue weighted by Crippen LogP contribution is 2.24. The summed E-state index contributed by atoms with van der Waals surface area (Å²) < 4.78 is 26.9. The van der Waals surface area contributed by atoms with Gasteiger partial charge in [0.15, 0.2) is 0 Å². The first-order valence-electron chi connectivity index (χ1n) is 6.55. The second-order valence-corrected chi connectivity index (χ2v) is 4.79. The molecule has 0 heterocycles. The van der Waals surface area contributed by atoms with E-state index in [4.69, 9.17) is 0 Å². The number of carbonyl (C=O) groups is 1. The van der Waals surface area contributed by atoms with Crippen LogP contribution in [0.15, 0.2) is 42.5 Å². The van der Waals surface area contributed by atoms with Crippen molar-refractivity contribution in [3.8, 4) is 0 Å². The Bertz CT molecular complexity index is 658. The molecule has 1 amide bonds. The van der Waals surface area contributed by atoms with Gasteiger partial charge >= 0.3 is 0 Å². The zero-order chi connectivity index (χ0) is 15.4. The minimum atomic E-state index is -0.480. The molecule has 21 heavy (non-hydrogen) atoms. The van der Waals surface area contributed by atoms with Crippen LogP contribution in [0.25, 0.3) is 0 Å². The standard InChI is InChI=1S/C16H16F2N2O/c1-10(15-8-12(17)6-7-16(15)18)19-13-4-3-5-14(9-13)20-11(2)21/h3-10,19H,1-2H3,(H,20,21). The number of benzene rings is 2. The van der Waals surface area contributed by atoms with Gasteiger partial charge in [-0.1, -0.05) is 6.07 Å². The minimum absolute atomic E-state index is 0.170. The lowest BCUT2D eigenvalue weighted by molar-refractivity contribution is -0.114. The van der Waals surface area contributed by atoms with Crippen LogP contribution in [0.3, 0.4) is 0 Å². The lowest BCUT2D eigenvalue weighted by atomic mass is 10.1. The van der Waals surface area contributed by atoms with E-state index in [0.717, 1.165) is 12.1 Å². The smallest absolute Gasteiger partial charge is 0.221 e. The Kier molecular flexibility index (Phi) is 4.52. The molecule has 2 rings (SSSR count). The molecule has 0 saturated heterocycles. The van der Waals surface area contributed by atoms with Crippen LogP contribution in [0.1, 0.15) is 25.5 Å². The summed E-state index contributed by atoms with van der Waals surface area (Å²) >= 11 is 0. The van der Waals surface area contributed by atoms with Crippen molar-refractivity contribution in [1.82, 2.24) is 0 Å². The molecule has 0 saturated carbocycles. The number of halogens is 2. The third-order valence-corrected chi connectivity index (χ3v) is 2.99. The van der Waals surface area contributed by atoms with Crippen molar-refractivity contribution in [1.29, 1.82) is 0 Å². The Labute approximate surface area is 122 Å². The molecule has 0 aliphatic carbocycles. The van der Waals surface area contributed by atoms with E-state index in [2.05, 4.69) is 10.6 Å². The number of hydrogen-bond donors (Lipinski definition) is 2. The first kappa shape index (κ1) is 15.0. The van der Waals surface area contributed by atoms with Crippen LogP contribution in [-0.2, 0) is 4.79 Å². The zero-order valence-electron chi connectivity index (χ0n) is 11.8. The van der Waals surface area contributed by atoms with Gasteiger partial charge in [0.2, 0.25) is 5.91 Å². The third-order valence-electron chi connectivity index (χ3n) is 2.99. The van der Waals surface area contributed by atoms with Crippen molar-refractivity contribution in [2.75, 3.05) is 10.6 Å². The van der Waals surface area contributed by atoms with Crippen molar-refractivity contribution < 1.29 is 13.6 Å². The van der Waals surface area contributed by atoms with Crippen LogP contribution in [0, 0.1) is 11.6 Å². The highest BCUT2D eigenvalue weighted by Gasteiger charge is 2.12. The maximum Gasteiger partial charge on any atom is 0.221 e. The molecular formula is C16H16F2N2O. The molecule has 1 unspecified atom stereocenters. The minimum Gasteiger partial charge on any atom is -0.378 e. The fraction of sp³-hybridized carbons (Fsp3) is 0.188. The molecular weight excluding hydrogens is 274 g/mol. The normalized spacial score (nSPS) is 11.8. The molecule has 0 radical (unpaired) electrons. The van der Waals surface area contributed by atoms with Gasteiger partial charge in [-0.3, -0.25) is 4.79 Å². The van der Waals surface area contributed by atoms with Crippen LogP contribution in [0.2, 0.25) is 0 Å². The zero-order valence-corrected chi connectivity index (χ0v) is 11.8. The lowest BCUT2D eigenvalue weighted by Crippen LogP contribution is -2.10. The Hall–Kier alpha value is -2.43. The molecule has 110 valence electrons. The molecule has 0 aromatic heterocycles. The van der Waals surface area contributed by atoms with E-state index in [9.17, 15) is 13.6 Å². The number of nitrogens with one attached hydrogen (secondary N) is 2. The summed E-state index contributed by atoms with van der Waals surface area (Å²) in [6.07, 6.45) is 0. The van der Waals surface area contributed by atoms with Gasteiger partial charge in [-0.25, -0.2) is 8.78 Å². The number of rotatable bonds is 4. The quantitative estimate of drug-likeness (QED) is 0.890. The van der Waals surface area contributed by atoms with E-state index in [-0.39, 0.29) is 11.5 Å². The summed E-state index contributed by atoms with van der Waals surface area (Å²) in [6, 6.07) is 9.99. The van der Waals surface area contributed by atoms with Crippen LogP contribution < -0.4 is 10.6 Å². The van der Waals surface area contributed by atoms with Gasteiger partial charge in [0.05, 0.1) is 6.04 Å². The first-order chi connectivity index (χ1) is 9.95. The van der Waals surface area contributed by atoms with Gasteiger partial charge in [-0.2, -0.15) is 0 Å². The monoisotopic (exact) mass is 290 g/mol. The Morgan fingerprint density at radius 1 is 1.10 bits per heavy atom. The van der Waals surface area contributed by atoms with Gasteiger partial charge < -0.3 is 10.6 Å². The molecule has 0 aliphatic heterocycles. The lowest BCUT2D eigenvalue weighted by Gasteiger charge is -2.17. The van der Waals surface area contributed by atoms with Crippen molar-refractivity contribution in [3.05, 3.63) is 59.7 Å². The van der Waals surface area contributed by atoms with Crippen LogP contribution in [0.4, 0.5) is 20.2 Å². The average Bonchev–Trinajstić information content (AvgIpc) is 2.41. The largest absolute Gasteiger partial charge is 0.378 e. The van der Waals surface area contributed by atoms with Crippen LogP contribution in [0.5, 0.6) is 0 Å². The van der Waals surface area contributed by atoms with Gasteiger partial charge in [-0.15, -0.1) is 0 Å². The van der Waals surface area contributed by atoms with Crippen LogP contribution >= 0.6 is 0 Å². The fourth-order valence-electron chi connectivity index (χ4n) is 2.06. The molecule has 1 atom stereocenters. The fourth-order valence-corrected chi connectivity index (χ4v) is 2.06. The summed E-state index contributed by atoms with van der Waals surface area (Å²) in [4.78, 5) is 11.0. The van der Waals surface area contributed by atoms with Crippen LogP contribution in [-0.4, -0.2) is 5.91 Å². The Balaban J connectivity index is 2.17. The van der Waals surface area contributed by atoms with E-state index in [1.54, 1.807) is 31.2 Å². The van der Waals surface area contributed by atoms with E-state index >= 15 is 0 Å². The first-order valence-corrected chi connectivity index (χ1v) is 6.55. The van der Waals surface area contributed by atoms with E-state index in [0.29, 0.717) is 11.4 Å². The highest BCUT2D eigenvalue weighted by molar-refractivity contribution is 5.89. The van der Waals surface area contributed by atoms with Crippen molar-refractivity contribution >= 4 is 17.3 Å². The second-order valence-electron chi connectivity index (χ2n) is 4.79. The molecule has 0 fully saturated rings. The Morgan fingerprint density at radius 3 is 2.52 bits per heavy atom. The average molecular weight is 290 g/mol. The van der Waals surface area contributed by atoms with E-state index < -0.39 is 17.7 Å². The van der Waals surface area contributed by atoms with Crippen molar-refractivity contribution in [2.45, 2.75) is 19.9 Å². The maximum atomic E-state index is 13.7. The van der Waals surface area contributed by atoms with Gasteiger partial charge in [0, 0.05) is 23.9 Å². The number of hydrogen-bond acceptors (Lipinski definition) is 2. The summed E-state index contributed by atoms with van der Waals surface area (Å²) in [5.74, 6) is -1.11. The number of carbonyl (C=O) groups excluding carboxylic acids is 1. The summed E-state index contributed by atoms with van der Waals surface area (Å²) in [5.41, 5.74) is 1.59. The van der Waals surface area contributed by atoms with E-state index in [1.165, 1.54) is 13.0 Å². The SMILES string of the molecule is CC(=O)Nc1cccc(NC(C)c2cc(F)ccc2F)c1. The predicted octanol–water partition coefficient (Wildman–Crippen LogP) is 4.10. The highest BCUT2D eigenvalue weighted by atomic mass is 19.1. The summed E-state index contributed by atoms with van der Waals surface area (Å²) in [6.45, 7) is 3.16. The summed E-state index contributed by atoms with van der Waals surface area (Å²) in [5, 5.41) is 5.75. The molecule has 0 spiro atoms. The predicted molar refractivity (Wildman–Crippen MR) is 79.1 cm³/mol. The second kappa shape index (κ2) is 6.35. The number of amides is 1. The molecule has 3 nitrogen and oxygen atoms in total. The maximum absolute atomic E-state index is 13.7. The molecule has 5 heteroatoms. The third kappa shape index (κ3) is 4.02.